The summed E-state index contributed by atoms with van der Waals surface area (Å²) >= 11 is 0. The van der Waals surface area contributed by atoms with Gasteiger partial charge in [0.2, 0.25) is 5.60 Å². The summed E-state index contributed by atoms with van der Waals surface area (Å²) in [5, 5.41) is 22.9. The zero-order valence-electron chi connectivity index (χ0n) is 13.4. The predicted molar refractivity (Wildman–Crippen MR) is 82.3 cm³/mol. The van der Waals surface area contributed by atoms with Gasteiger partial charge < -0.3 is 20.1 Å². The zero-order chi connectivity index (χ0) is 18.0. The smallest absolute Gasteiger partial charge is 0.424 e. The Morgan fingerprint density at radius 1 is 1.29 bits per heavy atom. The van der Waals surface area contributed by atoms with Crippen molar-refractivity contribution in [3.8, 4) is 5.75 Å². The van der Waals surface area contributed by atoms with Gasteiger partial charge in [-0.25, -0.2) is 4.98 Å². The van der Waals surface area contributed by atoms with Crippen LogP contribution >= 0.6 is 0 Å². The number of aliphatic hydroxyl groups is 1. The van der Waals surface area contributed by atoms with E-state index in [-0.39, 0.29) is 18.8 Å². The Balaban J connectivity index is 2.05. The molecule has 0 bridgehead atoms. The average molecular weight is 343 g/mol. The number of phenolic OH excluding ortho intramolecular Hbond substituents is 1. The third kappa shape index (κ3) is 3.54. The van der Waals surface area contributed by atoms with E-state index in [9.17, 15) is 23.4 Å². The second-order valence-electron chi connectivity index (χ2n) is 5.73. The number of benzene rings is 1. The quantitative estimate of drug-likeness (QED) is 0.704. The number of halogens is 3. The average Bonchev–Trinajstić information content (AvgIpc) is 2.93. The molecule has 0 fully saturated rings. The number of para-hydroxylation sites is 1. The van der Waals surface area contributed by atoms with Gasteiger partial charge in [0.15, 0.2) is 0 Å². The molecule has 0 aliphatic rings. The molecule has 1 aromatic carbocycles. The van der Waals surface area contributed by atoms with E-state index in [1.165, 1.54) is 19.4 Å². The van der Waals surface area contributed by atoms with Crippen molar-refractivity contribution in [3.63, 3.8) is 0 Å². The molecule has 1 atom stereocenters. The van der Waals surface area contributed by atoms with Crippen LogP contribution in [0.2, 0.25) is 0 Å². The molecule has 0 radical (unpaired) electrons. The third-order valence-corrected chi connectivity index (χ3v) is 3.96. The van der Waals surface area contributed by atoms with Crippen molar-refractivity contribution < 1.29 is 23.4 Å². The van der Waals surface area contributed by atoms with E-state index in [1.807, 2.05) is 0 Å². The molecule has 0 amide bonds. The van der Waals surface area contributed by atoms with Gasteiger partial charge in [0.25, 0.3) is 0 Å². The van der Waals surface area contributed by atoms with Crippen molar-refractivity contribution in [3.05, 3.63) is 47.5 Å². The largest absolute Gasteiger partial charge is 0.507 e. The number of imidazole rings is 1. The molecule has 5 nitrogen and oxygen atoms in total. The van der Waals surface area contributed by atoms with Crippen LogP contribution in [0.1, 0.15) is 23.4 Å². The van der Waals surface area contributed by atoms with Crippen molar-refractivity contribution >= 4 is 0 Å². The third-order valence-electron chi connectivity index (χ3n) is 3.96. The minimum absolute atomic E-state index is 0.101. The first-order valence-corrected chi connectivity index (χ1v) is 7.42. The van der Waals surface area contributed by atoms with Crippen LogP contribution in [0.3, 0.4) is 0 Å². The lowest BCUT2D eigenvalue weighted by Gasteiger charge is -2.30. The molecule has 0 saturated carbocycles. The summed E-state index contributed by atoms with van der Waals surface area (Å²) < 4.78 is 41.2. The second-order valence-corrected chi connectivity index (χ2v) is 5.73. The maximum Gasteiger partial charge on any atom is 0.424 e. The van der Waals surface area contributed by atoms with Gasteiger partial charge >= 0.3 is 6.18 Å². The molecule has 2 rings (SSSR count). The maximum absolute atomic E-state index is 13.3. The van der Waals surface area contributed by atoms with E-state index in [0.29, 0.717) is 11.1 Å². The molecule has 0 saturated heterocycles. The van der Waals surface area contributed by atoms with E-state index in [2.05, 4.69) is 10.3 Å². The van der Waals surface area contributed by atoms with Gasteiger partial charge in [-0.1, -0.05) is 18.2 Å². The maximum atomic E-state index is 13.3. The Kier molecular flexibility index (Phi) is 5.19. The Morgan fingerprint density at radius 3 is 2.58 bits per heavy atom. The summed E-state index contributed by atoms with van der Waals surface area (Å²) in [6, 6.07) is 5.18. The van der Waals surface area contributed by atoms with Crippen LogP contribution in [-0.2, 0) is 19.2 Å². The number of aromatic hydroxyl groups is 1. The van der Waals surface area contributed by atoms with Crippen LogP contribution in [0.4, 0.5) is 13.2 Å². The highest BCUT2D eigenvalue weighted by Crippen LogP contribution is 2.40. The van der Waals surface area contributed by atoms with Crippen molar-refractivity contribution in [2.45, 2.75) is 31.7 Å². The topological polar surface area (TPSA) is 70.3 Å². The molecular weight excluding hydrogens is 323 g/mol. The number of hydrogen-bond acceptors (Lipinski definition) is 4. The van der Waals surface area contributed by atoms with Gasteiger partial charge in [0, 0.05) is 38.0 Å². The normalized spacial score (nSPS) is 14.6. The van der Waals surface area contributed by atoms with Crippen LogP contribution in [-0.4, -0.2) is 32.5 Å². The van der Waals surface area contributed by atoms with Crippen molar-refractivity contribution in [1.82, 2.24) is 14.9 Å². The van der Waals surface area contributed by atoms with Gasteiger partial charge in [-0.15, -0.1) is 0 Å². The molecule has 1 unspecified atom stereocenters. The summed E-state index contributed by atoms with van der Waals surface area (Å²) in [5.74, 6) is -0.338. The lowest BCUT2D eigenvalue weighted by molar-refractivity contribution is -0.272. The van der Waals surface area contributed by atoms with Gasteiger partial charge in [-0.2, -0.15) is 13.2 Å². The number of hydrogen-bond donors (Lipinski definition) is 3. The fraction of sp³-hybridized carbons (Fsp3) is 0.438. The number of nitrogens with one attached hydrogen (secondary N) is 1. The van der Waals surface area contributed by atoms with E-state index in [4.69, 9.17) is 0 Å². The Morgan fingerprint density at radius 2 is 2.00 bits per heavy atom. The minimum atomic E-state index is -4.85. The van der Waals surface area contributed by atoms with Gasteiger partial charge in [-0.05, 0) is 19.0 Å². The van der Waals surface area contributed by atoms with Crippen LogP contribution in [0.15, 0.2) is 30.6 Å². The van der Waals surface area contributed by atoms with Crippen molar-refractivity contribution in [2.75, 3.05) is 6.54 Å². The number of aryl methyl sites for hydroxylation is 2. The second kappa shape index (κ2) is 6.82. The molecule has 1 heterocycles. The number of nitrogens with zero attached hydrogens (tertiary/aromatic N) is 2. The molecular formula is C16H20F3N3O2. The van der Waals surface area contributed by atoms with E-state index >= 15 is 0 Å². The highest BCUT2D eigenvalue weighted by molar-refractivity contribution is 5.39. The standard InChI is InChI=1S/C16H20F3N3O2/c1-11-4-3-5-12(13(11)23)10-20-7-6-15(24,16(17,18)19)14-21-8-9-22(14)2/h3-5,8-9,20,23-24H,6-7,10H2,1-2H3. The molecule has 8 heteroatoms. The lowest BCUT2D eigenvalue weighted by Crippen LogP contribution is -2.46. The summed E-state index contributed by atoms with van der Waals surface area (Å²) in [7, 11) is 1.40. The zero-order valence-corrected chi connectivity index (χ0v) is 13.4. The summed E-state index contributed by atoms with van der Waals surface area (Å²) in [6.07, 6.45) is -2.87. The Bertz CT molecular complexity index is 700. The van der Waals surface area contributed by atoms with E-state index in [1.54, 1.807) is 25.1 Å². The lowest BCUT2D eigenvalue weighted by atomic mass is 9.97. The first-order valence-electron chi connectivity index (χ1n) is 7.42. The molecule has 0 aliphatic heterocycles. The summed E-state index contributed by atoms with van der Waals surface area (Å²) in [4.78, 5) is 3.64. The Labute approximate surface area is 137 Å². The number of alkyl halides is 3. The van der Waals surface area contributed by atoms with Gasteiger partial charge in [0.1, 0.15) is 11.6 Å². The van der Waals surface area contributed by atoms with Crippen molar-refractivity contribution in [2.24, 2.45) is 7.05 Å². The Hall–Kier alpha value is -2.06. The first-order chi connectivity index (χ1) is 11.2. The molecule has 2 aromatic rings. The SMILES string of the molecule is Cc1cccc(CNCCC(O)(c2nccn2C)C(F)(F)F)c1O. The molecule has 3 N–H and O–H groups in total. The number of rotatable bonds is 6. The summed E-state index contributed by atoms with van der Waals surface area (Å²) in [6.45, 7) is 1.83. The fourth-order valence-electron chi connectivity index (χ4n) is 2.50. The minimum Gasteiger partial charge on any atom is -0.507 e. The van der Waals surface area contributed by atoms with Crippen LogP contribution in [0, 0.1) is 6.92 Å². The monoisotopic (exact) mass is 343 g/mol. The van der Waals surface area contributed by atoms with Gasteiger partial charge in [-0.3, -0.25) is 0 Å². The molecule has 1 aromatic heterocycles. The molecule has 0 aliphatic carbocycles. The van der Waals surface area contributed by atoms with Gasteiger partial charge in [0.05, 0.1) is 0 Å². The first kappa shape index (κ1) is 18.3. The number of phenols is 1. The molecule has 24 heavy (non-hydrogen) atoms. The van der Waals surface area contributed by atoms with Crippen molar-refractivity contribution in [1.29, 1.82) is 0 Å². The summed E-state index contributed by atoms with van der Waals surface area (Å²) in [5.41, 5.74) is -1.76. The number of aromatic nitrogens is 2. The fourth-order valence-corrected chi connectivity index (χ4v) is 2.50. The predicted octanol–water partition coefficient (Wildman–Crippen LogP) is 2.36. The van der Waals surface area contributed by atoms with Crippen LogP contribution in [0.5, 0.6) is 5.75 Å². The molecule has 0 spiro atoms. The highest BCUT2D eigenvalue weighted by Gasteiger charge is 2.56. The van der Waals surface area contributed by atoms with Crippen LogP contribution in [0.25, 0.3) is 0 Å². The van der Waals surface area contributed by atoms with E-state index in [0.717, 1.165) is 4.57 Å². The van der Waals surface area contributed by atoms with Crippen LogP contribution < -0.4 is 5.32 Å². The highest BCUT2D eigenvalue weighted by atomic mass is 19.4. The molecule has 132 valence electrons. The van der Waals surface area contributed by atoms with E-state index < -0.39 is 24.0 Å².